The zero-order valence-corrected chi connectivity index (χ0v) is 10.2. The summed E-state index contributed by atoms with van der Waals surface area (Å²) in [5.74, 6) is 0.0706. The number of carbonyl (C=O) groups excluding carboxylic acids is 1. The third-order valence-electron chi connectivity index (χ3n) is 3.16. The minimum absolute atomic E-state index is 0.0235. The summed E-state index contributed by atoms with van der Waals surface area (Å²) >= 11 is 0. The second kappa shape index (κ2) is 7.63. The van der Waals surface area contributed by atoms with Crippen molar-refractivity contribution in [2.75, 3.05) is 13.6 Å². The van der Waals surface area contributed by atoms with Gasteiger partial charge in [-0.3, -0.25) is 4.79 Å². The highest BCUT2D eigenvalue weighted by atomic mass is 16.3. The lowest BCUT2D eigenvalue weighted by Crippen LogP contribution is -2.42. The lowest BCUT2D eigenvalue weighted by molar-refractivity contribution is -0.122. The lowest BCUT2D eigenvalue weighted by Gasteiger charge is -2.21. The molecule has 0 aromatic carbocycles. The minimum Gasteiger partial charge on any atom is -0.391 e. The molecule has 0 saturated heterocycles. The smallest absolute Gasteiger partial charge is 0.220 e. The molecule has 0 radical (unpaired) electrons. The Kier molecular flexibility index (Phi) is 6.42. The molecule has 2 atom stereocenters. The van der Waals surface area contributed by atoms with Gasteiger partial charge in [0.2, 0.25) is 5.91 Å². The molecule has 0 bridgehead atoms. The van der Waals surface area contributed by atoms with Crippen molar-refractivity contribution in [3.05, 3.63) is 0 Å². The van der Waals surface area contributed by atoms with Gasteiger partial charge in [-0.15, -0.1) is 0 Å². The molecular formula is C12H24N2O2. The third-order valence-corrected chi connectivity index (χ3v) is 3.16. The first-order valence-electron chi connectivity index (χ1n) is 6.36. The van der Waals surface area contributed by atoms with Gasteiger partial charge in [-0.25, -0.2) is 0 Å². The summed E-state index contributed by atoms with van der Waals surface area (Å²) in [7, 11) is 1.88. The van der Waals surface area contributed by atoms with Crippen LogP contribution in [-0.4, -0.2) is 36.8 Å². The van der Waals surface area contributed by atoms with Gasteiger partial charge in [0.05, 0.1) is 12.1 Å². The van der Waals surface area contributed by atoms with E-state index in [1.165, 1.54) is 6.42 Å². The SMILES string of the molecule is CNCCCC(=O)NC1CCCCCC1O. The molecule has 0 aromatic heterocycles. The molecule has 3 N–H and O–H groups in total. The van der Waals surface area contributed by atoms with Gasteiger partial charge in [-0.05, 0) is 32.9 Å². The molecular weight excluding hydrogens is 204 g/mol. The van der Waals surface area contributed by atoms with E-state index in [4.69, 9.17) is 0 Å². The Morgan fingerprint density at radius 2 is 2.06 bits per heavy atom. The predicted molar refractivity (Wildman–Crippen MR) is 64.2 cm³/mol. The summed E-state index contributed by atoms with van der Waals surface area (Å²) in [6.45, 7) is 0.862. The van der Waals surface area contributed by atoms with E-state index >= 15 is 0 Å². The normalized spacial score (nSPS) is 26.1. The molecule has 16 heavy (non-hydrogen) atoms. The van der Waals surface area contributed by atoms with Crippen molar-refractivity contribution >= 4 is 5.91 Å². The lowest BCUT2D eigenvalue weighted by atomic mass is 10.1. The monoisotopic (exact) mass is 228 g/mol. The largest absolute Gasteiger partial charge is 0.391 e. The van der Waals surface area contributed by atoms with E-state index in [0.29, 0.717) is 6.42 Å². The van der Waals surface area contributed by atoms with Crippen LogP contribution in [0.1, 0.15) is 44.9 Å². The van der Waals surface area contributed by atoms with Crippen molar-refractivity contribution in [3.63, 3.8) is 0 Å². The van der Waals surface area contributed by atoms with Crippen molar-refractivity contribution in [3.8, 4) is 0 Å². The molecule has 1 aliphatic rings. The summed E-state index contributed by atoms with van der Waals surface area (Å²) in [5, 5.41) is 15.8. The molecule has 1 amide bonds. The van der Waals surface area contributed by atoms with Crippen LogP contribution in [0.15, 0.2) is 0 Å². The number of aliphatic hydroxyl groups excluding tert-OH is 1. The average Bonchev–Trinajstić information content (AvgIpc) is 2.45. The second-order valence-corrected chi connectivity index (χ2v) is 4.59. The number of nitrogens with one attached hydrogen (secondary N) is 2. The van der Waals surface area contributed by atoms with Crippen molar-refractivity contribution in [2.24, 2.45) is 0 Å². The number of hydrogen-bond donors (Lipinski definition) is 3. The van der Waals surface area contributed by atoms with Gasteiger partial charge in [0.15, 0.2) is 0 Å². The summed E-state index contributed by atoms with van der Waals surface area (Å²) in [4.78, 5) is 11.6. The number of aliphatic hydroxyl groups is 1. The molecule has 0 aliphatic heterocycles. The van der Waals surface area contributed by atoms with Gasteiger partial charge < -0.3 is 15.7 Å². The van der Waals surface area contributed by atoms with E-state index in [0.717, 1.165) is 38.6 Å². The highest BCUT2D eigenvalue weighted by molar-refractivity contribution is 5.76. The number of hydrogen-bond acceptors (Lipinski definition) is 3. The summed E-state index contributed by atoms with van der Waals surface area (Å²) < 4.78 is 0. The van der Waals surface area contributed by atoms with Crippen LogP contribution in [0.5, 0.6) is 0 Å². The topological polar surface area (TPSA) is 61.4 Å². The highest BCUT2D eigenvalue weighted by Gasteiger charge is 2.22. The fourth-order valence-electron chi connectivity index (χ4n) is 2.16. The maximum Gasteiger partial charge on any atom is 0.220 e. The van der Waals surface area contributed by atoms with Gasteiger partial charge >= 0.3 is 0 Å². The molecule has 4 heteroatoms. The van der Waals surface area contributed by atoms with Crippen molar-refractivity contribution < 1.29 is 9.90 Å². The van der Waals surface area contributed by atoms with E-state index in [1.54, 1.807) is 0 Å². The molecule has 2 unspecified atom stereocenters. The first-order chi connectivity index (χ1) is 7.74. The Balaban J connectivity index is 2.25. The molecule has 0 aromatic rings. The molecule has 1 aliphatic carbocycles. The molecule has 0 heterocycles. The molecule has 4 nitrogen and oxygen atoms in total. The minimum atomic E-state index is -0.351. The van der Waals surface area contributed by atoms with E-state index in [-0.39, 0.29) is 18.1 Å². The predicted octanol–water partition coefficient (Wildman–Crippen LogP) is 0.796. The van der Waals surface area contributed by atoms with Crippen LogP contribution in [0, 0.1) is 0 Å². The van der Waals surface area contributed by atoms with Crippen LogP contribution in [0.3, 0.4) is 0 Å². The molecule has 1 fully saturated rings. The van der Waals surface area contributed by atoms with Crippen molar-refractivity contribution in [1.82, 2.24) is 10.6 Å². The van der Waals surface area contributed by atoms with Crippen LogP contribution in [0.4, 0.5) is 0 Å². The summed E-state index contributed by atoms with van der Waals surface area (Å²) in [6, 6.07) is -0.0235. The Morgan fingerprint density at radius 3 is 2.81 bits per heavy atom. The third kappa shape index (κ3) is 4.94. The molecule has 1 saturated carbocycles. The maximum atomic E-state index is 11.6. The van der Waals surface area contributed by atoms with E-state index < -0.39 is 0 Å². The Morgan fingerprint density at radius 1 is 1.31 bits per heavy atom. The van der Waals surface area contributed by atoms with Gasteiger partial charge in [-0.1, -0.05) is 19.3 Å². The number of rotatable bonds is 5. The first-order valence-corrected chi connectivity index (χ1v) is 6.36. The van der Waals surface area contributed by atoms with Gasteiger partial charge in [-0.2, -0.15) is 0 Å². The van der Waals surface area contributed by atoms with Crippen LogP contribution >= 0.6 is 0 Å². The zero-order chi connectivity index (χ0) is 11.8. The molecule has 0 spiro atoms. The zero-order valence-electron chi connectivity index (χ0n) is 10.2. The van der Waals surface area contributed by atoms with Crippen molar-refractivity contribution in [1.29, 1.82) is 0 Å². The summed E-state index contributed by atoms with van der Waals surface area (Å²) in [5.41, 5.74) is 0. The van der Waals surface area contributed by atoms with Crippen LogP contribution in [-0.2, 0) is 4.79 Å². The van der Waals surface area contributed by atoms with Crippen LogP contribution in [0.25, 0.3) is 0 Å². The fraction of sp³-hybridized carbons (Fsp3) is 0.917. The molecule has 94 valence electrons. The summed E-state index contributed by atoms with van der Waals surface area (Å²) in [6.07, 6.45) is 6.14. The second-order valence-electron chi connectivity index (χ2n) is 4.59. The average molecular weight is 228 g/mol. The number of amides is 1. The first kappa shape index (κ1) is 13.5. The van der Waals surface area contributed by atoms with E-state index in [9.17, 15) is 9.90 Å². The Hall–Kier alpha value is -0.610. The van der Waals surface area contributed by atoms with Gasteiger partial charge in [0, 0.05) is 6.42 Å². The fourth-order valence-corrected chi connectivity index (χ4v) is 2.16. The van der Waals surface area contributed by atoms with Crippen LogP contribution in [0.2, 0.25) is 0 Å². The van der Waals surface area contributed by atoms with Gasteiger partial charge in [0.25, 0.3) is 0 Å². The van der Waals surface area contributed by atoms with Crippen molar-refractivity contribution in [2.45, 2.75) is 57.1 Å². The van der Waals surface area contributed by atoms with E-state index in [1.807, 2.05) is 7.05 Å². The highest BCUT2D eigenvalue weighted by Crippen LogP contribution is 2.18. The van der Waals surface area contributed by atoms with Crippen LogP contribution < -0.4 is 10.6 Å². The number of carbonyl (C=O) groups is 1. The van der Waals surface area contributed by atoms with E-state index in [2.05, 4.69) is 10.6 Å². The standard InChI is InChI=1S/C12H24N2O2/c1-13-9-5-8-12(16)14-10-6-3-2-4-7-11(10)15/h10-11,13,15H,2-9H2,1H3,(H,14,16). The molecule has 1 rings (SSSR count). The maximum absolute atomic E-state index is 11.6. The Labute approximate surface area is 97.8 Å². The van der Waals surface area contributed by atoms with Gasteiger partial charge in [0.1, 0.15) is 0 Å². The Bertz CT molecular complexity index is 209. The quantitative estimate of drug-likeness (QED) is 0.482.